The highest BCUT2D eigenvalue weighted by Crippen LogP contribution is 2.27. The molecule has 2 heterocycles. The minimum absolute atomic E-state index is 0.151. The van der Waals surface area contributed by atoms with Gasteiger partial charge in [-0.05, 0) is 46.1 Å². The van der Waals surface area contributed by atoms with E-state index >= 15 is 0 Å². The Bertz CT molecular complexity index is 774. The summed E-state index contributed by atoms with van der Waals surface area (Å²) in [7, 11) is 0. The predicted octanol–water partition coefficient (Wildman–Crippen LogP) is 3.61. The van der Waals surface area contributed by atoms with Gasteiger partial charge in [0.1, 0.15) is 12.6 Å². The van der Waals surface area contributed by atoms with Crippen molar-refractivity contribution in [2.45, 2.75) is 58.7 Å². The number of nitrogens with zero attached hydrogens (tertiary/aromatic N) is 3. The number of nitriles is 1. The molecule has 2 aromatic rings. The molecular weight excluding hydrogens is 286 g/mol. The van der Waals surface area contributed by atoms with Gasteiger partial charge in [-0.3, -0.25) is 4.79 Å². The van der Waals surface area contributed by atoms with E-state index in [0.717, 1.165) is 29.4 Å². The molecule has 0 saturated carbocycles. The lowest BCUT2D eigenvalue weighted by molar-refractivity contribution is -0.137. The van der Waals surface area contributed by atoms with Gasteiger partial charge < -0.3 is 9.47 Å². The number of fused-ring (bicyclic) bond motifs is 1. The number of likely N-dealkylation sites (tertiary alicyclic amines) is 1. The fraction of sp³-hybridized carbons (Fsp3) is 0.474. The summed E-state index contributed by atoms with van der Waals surface area (Å²) >= 11 is 0. The molecule has 1 aromatic heterocycles. The number of carbonyl (C=O) groups is 1. The van der Waals surface area contributed by atoms with Gasteiger partial charge >= 0.3 is 0 Å². The third-order valence-corrected chi connectivity index (χ3v) is 5.12. The lowest BCUT2D eigenvalue weighted by Gasteiger charge is -2.39. The van der Waals surface area contributed by atoms with E-state index in [9.17, 15) is 10.1 Å². The number of rotatable bonds is 2. The number of benzene rings is 1. The van der Waals surface area contributed by atoms with E-state index in [-0.39, 0.29) is 5.91 Å². The molecule has 1 aromatic carbocycles. The van der Waals surface area contributed by atoms with Crippen LogP contribution in [0.2, 0.25) is 0 Å². The largest absolute Gasteiger partial charge is 0.336 e. The van der Waals surface area contributed by atoms with Crippen molar-refractivity contribution in [3.8, 4) is 6.07 Å². The second kappa shape index (κ2) is 6.08. The quantitative estimate of drug-likeness (QED) is 0.851. The van der Waals surface area contributed by atoms with Crippen molar-refractivity contribution in [2.24, 2.45) is 0 Å². The van der Waals surface area contributed by atoms with Crippen LogP contribution in [0.1, 0.15) is 44.4 Å². The summed E-state index contributed by atoms with van der Waals surface area (Å²) in [5, 5.41) is 10.4. The van der Waals surface area contributed by atoms with Crippen LogP contribution in [0.4, 0.5) is 0 Å². The van der Waals surface area contributed by atoms with Crippen LogP contribution in [0, 0.1) is 18.3 Å². The number of hydrogen-bond acceptors (Lipinski definition) is 2. The van der Waals surface area contributed by atoms with Crippen molar-refractivity contribution in [3.05, 3.63) is 35.5 Å². The maximum atomic E-state index is 12.9. The summed E-state index contributed by atoms with van der Waals surface area (Å²) in [6.45, 7) is 6.50. The maximum Gasteiger partial charge on any atom is 0.242 e. The lowest BCUT2D eigenvalue weighted by Crippen LogP contribution is -2.48. The molecule has 3 rings (SSSR count). The Hall–Kier alpha value is -2.28. The molecular formula is C19H23N3O. The monoisotopic (exact) mass is 309 g/mol. The zero-order chi connectivity index (χ0) is 16.6. The number of hydrogen-bond donors (Lipinski definition) is 0. The SMILES string of the molecule is Cc1c(C#N)c2ccccc2n1CC(=O)N1[C@H](C)CCC[C@H]1C. The van der Waals surface area contributed by atoms with E-state index in [1.165, 1.54) is 6.42 Å². The van der Waals surface area contributed by atoms with E-state index in [1.54, 1.807) is 0 Å². The highest BCUT2D eigenvalue weighted by atomic mass is 16.2. The average molecular weight is 309 g/mol. The van der Waals surface area contributed by atoms with Gasteiger partial charge in [-0.1, -0.05) is 18.2 Å². The summed E-state index contributed by atoms with van der Waals surface area (Å²) in [6, 6.07) is 10.7. The zero-order valence-corrected chi connectivity index (χ0v) is 14.0. The Morgan fingerprint density at radius 3 is 2.57 bits per heavy atom. The first-order valence-electron chi connectivity index (χ1n) is 8.33. The first kappa shape index (κ1) is 15.6. The van der Waals surface area contributed by atoms with Crippen molar-refractivity contribution in [1.82, 2.24) is 9.47 Å². The smallest absolute Gasteiger partial charge is 0.242 e. The number of amides is 1. The maximum absolute atomic E-state index is 12.9. The normalized spacial score (nSPS) is 21.4. The molecule has 1 saturated heterocycles. The number of piperidine rings is 1. The third kappa shape index (κ3) is 2.61. The fourth-order valence-electron chi connectivity index (χ4n) is 3.91. The molecule has 4 nitrogen and oxygen atoms in total. The first-order valence-corrected chi connectivity index (χ1v) is 8.33. The Balaban J connectivity index is 1.97. The van der Waals surface area contributed by atoms with Gasteiger partial charge in [-0.15, -0.1) is 0 Å². The molecule has 1 amide bonds. The molecule has 23 heavy (non-hydrogen) atoms. The number of carbonyl (C=O) groups excluding carboxylic acids is 1. The van der Waals surface area contributed by atoms with Crippen LogP contribution in [0.5, 0.6) is 0 Å². The van der Waals surface area contributed by atoms with Crippen molar-refractivity contribution in [3.63, 3.8) is 0 Å². The zero-order valence-electron chi connectivity index (χ0n) is 14.0. The van der Waals surface area contributed by atoms with Gasteiger partial charge in [0, 0.05) is 23.2 Å². The van der Waals surface area contributed by atoms with Crippen molar-refractivity contribution >= 4 is 16.8 Å². The van der Waals surface area contributed by atoms with Crippen molar-refractivity contribution in [1.29, 1.82) is 5.26 Å². The van der Waals surface area contributed by atoms with Crippen molar-refractivity contribution < 1.29 is 4.79 Å². The van der Waals surface area contributed by atoms with Gasteiger partial charge in [0.2, 0.25) is 5.91 Å². The molecule has 1 aliphatic rings. The minimum Gasteiger partial charge on any atom is -0.336 e. The van der Waals surface area contributed by atoms with Crippen LogP contribution in [0.3, 0.4) is 0 Å². The van der Waals surface area contributed by atoms with E-state index in [1.807, 2.05) is 40.7 Å². The minimum atomic E-state index is 0.151. The first-order chi connectivity index (χ1) is 11.0. The van der Waals surface area contributed by atoms with Gasteiger partial charge in [0.05, 0.1) is 11.1 Å². The molecule has 2 atom stereocenters. The number of para-hydroxylation sites is 1. The molecule has 0 bridgehead atoms. The van der Waals surface area contributed by atoms with Crippen LogP contribution in [0.15, 0.2) is 24.3 Å². The number of aromatic nitrogens is 1. The highest BCUT2D eigenvalue weighted by molar-refractivity contribution is 5.89. The summed E-state index contributed by atoms with van der Waals surface area (Å²) in [4.78, 5) is 14.9. The van der Waals surface area contributed by atoms with Crippen LogP contribution < -0.4 is 0 Å². The molecule has 0 N–H and O–H groups in total. The summed E-state index contributed by atoms with van der Waals surface area (Å²) in [6.07, 6.45) is 3.34. The van der Waals surface area contributed by atoms with Crippen molar-refractivity contribution in [2.75, 3.05) is 0 Å². The van der Waals surface area contributed by atoms with Crippen LogP contribution >= 0.6 is 0 Å². The molecule has 4 heteroatoms. The lowest BCUT2D eigenvalue weighted by atomic mass is 9.97. The van der Waals surface area contributed by atoms with Gasteiger partial charge in [0.25, 0.3) is 0 Å². The Labute approximate surface area is 137 Å². The van der Waals surface area contributed by atoms with Gasteiger partial charge in [-0.2, -0.15) is 5.26 Å². The molecule has 0 unspecified atom stereocenters. The summed E-state index contributed by atoms with van der Waals surface area (Å²) < 4.78 is 1.99. The second-order valence-electron chi connectivity index (χ2n) is 6.61. The topological polar surface area (TPSA) is 49.0 Å². The standard InChI is InChI=1S/C19H23N3O/c1-13-7-6-8-14(2)22(13)19(23)12-21-15(3)17(11-20)16-9-4-5-10-18(16)21/h4-5,9-10,13-14H,6-8,12H2,1-3H3/t13-,14-/m1/s1. The Morgan fingerprint density at radius 1 is 1.26 bits per heavy atom. The van der Waals surface area contributed by atoms with Crippen LogP contribution in [0.25, 0.3) is 10.9 Å². The highest BCUT2D eigenvalue weighted by Gasteiger charge is 2.29. The van der Waals surface area contributed by atoms with Gasteiger partial charge in [-0.25, -0.2) is 0 Å². The molecule has 1 aliphatic heterocycles. The van der Waals surface area contributed by atoms with E-state index in [2.05, 4.69) is 19.9 Å². The fourth-order valence-corrected chi connectivity index (χ4v) is 3.91. The van der Waals surface area contributed by atoms with Gasteiger partial charge in [0.15, 0.2) is 0 Å². The summed E-state index contributed by atoms with van der Waals surface area (Å²) in [5.74, 6) is 0.151. The second-order valence-corrected chi connectivity index (χ2v) is 6.61. The molecule has 1 fully saturated rings. The van der Waals surface area contributed by atoms with Crippen LogP contribution in [-0.2, 0) is 11.3 Å². The van der Waals surface area contributed by atoms with E-state index in [0.29, 0.717) is 24.2 Å². The van der Waals surface area contributed by atoms with Crippen LogP contribution in [-0.4, -0.2) is 27.5 Å². The Morgan fingerprint density at radius 2 is 1.91 bits per heavy atom. The van der Waals surface area contributed by atoms with E-state index in [4.69, 9.17) is 0 Å². The summed E-state index contributed by atoms with van der Waals surface area (Å²) in [5.41, 5.74) is 2.51. The third-order valence-electron chi connectivity index (χ3n) is 5.12. The molecule has 0 spiro atoms. The Kier molecular flexibility index (Phi) is 4.12. The average Bonchev–Trinajstić information content (AvgIpc) is 2.79. The van der Waals surface area contributed by atoms with E-state index < -0.39 is 0 Å². The molecule has 0 radical (unpaired) electrons. The molecule has 120 valence electrons. The molecule has 0 aliphatic carbocycles. The predicted molar refractivity (Wildman–Crippen MR) is 91.0 cm³/mol.